The molecule has 4 atom stereocenters. The second-order valence-corrected chi connectivity index (χ2v) is 6.72. The van der Waals surface area contributed by atoms with Crippen molar-refractivity contribution in [1.82, 2.24) is 4.90 Å². The summed E-state index contributed by atoms with van der Waals surface area (Å²) in [5.74, 6) is 1.59. The van der Waals surface area contributed by atoms with Crippen molar-refractivity contribution in [2.24, 2.45) is 17.6 Å². The predicted octanol–water partition coefficient (Wildman–Crippen LogP) is 2.00. The lowest BCUT2D eigenvalue weighted by molar-refractivity contribution is -0.0232. The highest BCUT2D eigenvalue weighted by atomic mass is 16.5. The van der Waals surface area contributed by atoms with Crippen LogP contribution in [0.1, 0.15) is 45.4 Å². The Labute approximate surface area is 111 Å². The average molecular weight is 252 g/mol. The summed E-state index contributed by atoms with van der Waals surface area (Å²) >= 11 is 0. The summed E-state index contributed by atoms with van der Waals surface area (Å²) in [6.45, 7) is 6.28. The molecule has 0 amide bonds. The van der Waals surface area contributed by atoms with Gasteiger partial charge in [-0.3, -0.25) is 4.90 Å². The lowest BCUT2D eigenvalue weighted by Crippen LogP contribution is -2.62. The number of likely N-dealkylation sites (tertiary alicyclic amines) is 1. The van der Waals surface area contributed by atoms with Crippen LogP contribution >= 0.6 is 0 Å². The van der Waals surface area contributed by atoms with Crippen molar-refractivity contribution in [3.05, 3.63) is 0 Å². The molecule has 1 aliphatic carbocycles. The largest absolute Gasteiger partial charge is 0.381 e. The van der Waals surface area contributed by atoms with Gasteiger partial charge in [-0.05, 0) is 51.5 Å². The zero-order valence-electron chi connectivity index (χ0n) is 11.7. The van der Waals surface area contributed by atoms with Crippen molar-refractivity contribution >= 4 is 0 Å². The van der Waals surface area contributed by atoms with Gasteiger partial charge in [-0.15, -0.1) is 0 Å². The smallest absolute Gasteiger partial charge is 0.0513 e. The molecule has 2 aliphatic heterocycles. The Balaban J connectivity index is 1.80. The van der Waals surface area contributed by atoms with E-state index in [0.717, 1.165) is 31.7 Å². The molecule has 1 saturated carbocycles. The van der Waals surface area contributed by atoms with E-state index in [9.17, 15) is 0 Å². The number of rotatable bonds is 3. The van der Waals surface area contributed by atoms with Gasteiger partial charge in [0, 0.05) is 30.7 Å². The fourth-order valence-electron chi connectivity index (χ4n) is 4.63. The van der Waals surface area contributed by atoms with Crippen molar-refractivity contribution in [3.8, 4) is 0 Å². The summed E-state index contributed by atoms with van der Waals surface area (Å²) in [4.78, 5) is 2.79. The van der Waals surface area contributed by atoms with Gasteiger partial charge in [-0.1, -0.05) is 6.42 Å². The van der Waals surface area contributed by atoms with Crippen LogP contribution < -0.4 is 5.73 Å². The highest BCUT2D eigenvalue weighted by molar-refractivity contribution is 5.02. The van der Waals surface area contributed by atoms with Gasteiger partial charge in [0.1, 0.15) is 0 Å². The van der Waals surface area contributed by atoms with Crippen LogP contribution in [-0.2, 0) is 4.74 Å². The molecular weight excluding hydrogens is 224 g/mol. The molecule has 3 rings (SSSR count). The van der Waals surface area contributed by atoms with Crippen molar-refractivity contribution in [2.45, 2.75) is 57.0 Å². The van der Waals surface area contributed by atoms with Crippen molar-refractivity contribution in [2.75, 3.05) is 26.3 Å². The highest BCUT2D eigenvalue weighted by Gasteiger charge is 2.47. The molecule has 2 heterocycles. The number of nitrogens with zero attached hydrogens (tertiary/aromatic N) is 1. The second kappa shape index (κ2) is 5.10. The predicted molar refractivity (Wildman–Crippen MR) is 73.5 cm³/mol. The van der Waals surface area contributed by atoms with E-state index in [0.29, 0.717) is 5.92 Å². The fraction of sp³-hybridized carbons (Fsp3) is 1.00. The van der Waals surface area contributed by atoms with E-state index in [2.05, 4.69) is 11.8 Å². The molecule has 4 unspecified atom stereocenters. The van der Waals surface area contributed by atoms with Gasteiger partial charge in [0.15, 0.2) is 0 Å². The van der Waals surface area contributed by atoms with Crippen LogP contribution in [0, 0.1) is 11.8 Å². The van der Waals surface area contributed by atoms with Gasteiger partial charge in [0.05, 0.1) is 6.61 Å². The molecule has 3 heteroatoms. The van der Waals surface area contributed by atoms with Crippen LogP contribution in [0.3, 0.4) is 0 Å². The van der Waals surface area contributed by atoms with Gasteiger partial charge in [-0.25, -0.2) is 0 Å². The monoisotopic (exact) mass is 252 g/mol. The molecule has 3 aliphatic rings. The number of ether oxygens (including phenoxy) is 1. The quantitative estimate of drug-likeness (QED) is 0.835. The molecular formula is C15H28N2O. The van der Waals surface area contributed by atoms with Gasteiger partial charge >= 0.3 is 0 Å². The first-order valence-corrected chi connectivity index (χ1v) is 7.80. The average Bonchev–Trinajstić information content (AvgIpc) is 3.07. The minimum absolute atomic E-state index is 0.171. The van der Waals surface area contributed by atoms with E-state index in [1.807, 2.05) is 0 Å². The third kappa shape index (κ3) is 2.00. The Morgan fingerprint density at radius 2 is 2.06 bits per heavy atom. The summed E-state index contributed by atoms with van der Waals surface area (Å²) in [5.41, 5.74) is 6.37. The maximum Gasteiger partial charge on any atom is 0.0513 e. The second-order valence-electron chi connectivity index (χ2n) is 6.72. The van der Waals surface area contributed by atoms with E-state index in [-0.39, 0.29) is 5.54 Å². The van der Waals surface area contributed by atoms with Crippen LogP contribution in [0.2, 0.25) is 0 Å². The topological polar surface area (TPSA) is 38.5 Å². The molecule has 104 valence electrons. The first kappa shape index (κ1) is 12.9. The number of fused-ring (bicyclic) bond motifs is 1. The van der Waals surface area contributed by atoms with E-state index in [4.69, 9.17) is 10.5 Å². The van der Waals surface area contributed by atoms with Gasteiger partial charge in [0.2, 0.25) is 0 Å². The first-order chi connectivity index (χ1) is 8.75. The van der Waals surface area contributed by atoms with Crippen LogP contribution in [0.25, 0.3) is 0 Å². The van der Waals surface area contributed by atoms with E-state index < -0.39 is 0 Å². The fourth-order valence-corrected chi connectivity index (χ4v) is 4.63. The Kier molecular flexibility index (Phi) is 3.65. The van der Waals surface area contributed by atoms with E-state index in [1.54, 1.807) is 0 Å². The molecule has 3 fully saturated rings. The van der Waals surface area contributed by atoms with E-state index in [1.165, 1.54) is 45.1 Å². The highest BCUT2D eigenvalue weighted by Crippen LogP contribution is 2.43. The zero-order chi connectivity index (χ0) is 12.6. The Bertz CT molecular complexity index is 290. The molecule has 0 aromatic rings. The lowest BCUT2D eigenvalue weighted by Gasteiger charge is -2.51. The molecule has 18 heavy (non-hydrogen) atoms. The summed E-state index contributed by atoms with van der Waals surface area (Å²) < 4.78 is 5.63. The number of hydrogen-bond acceptors (Lipinski definition) is 3. The first-order valence-electron chi connectivity index (χ1n) is 7.80. The molecule has 0 aromatic heterocycles. The molecule has 0 bridgehead atoms. The SMILES string of the molecule is CC(CN)(C1CCOC1)N1CCCC2CCCC21. The molecule has 2 N–H and O–H groups in total. The maximum atomic E-state index is 6.20. The van der Waals surface area contributed by atoms with Crippen LogP contribution in [0.5, 0.6) is 0 Å². The summed E-state index contributed by atoms with van der Waals surface area (Å²) in [7, 11) is 0. The third-order valence-corrected chi connectivity index (χ3v) is 5.87. The Hall–Kier alpha value is -0.120. The minimum Gasteiger partial charge on any atom is -0.381 e. The van der Waals surface area contributed by atoms with E-state index >= 15 is 0 Å². The number of hydrogen-bond donors (Lipinski definition) is 1. The van der Waals surface area contributed by atoms with Crippen LogP contribution in [-0.4, -0.2) is 42.8 Å². The van der Waals surface area contributed by atoms with Gasteiger partial charge in [-0.2, -0.15) is 0 Å². The zero-order valence-corrected chi connectivity index (χ0v) is 11.7. The third-order valence-electron chi connectivity index (χ3n) is 5.87. The Morgan fingerprint density at radius 3 is 2.78 bits per heavy atom. The molecule has 3 nitrogen and oxygen atoms in total. The number of piperidine rings is 1. The maximum absolute atomic E-state index is 6.20. The van der Waals surface area contributed by atoms with Crippen molar-refractivity contribution < 1.29 is 4.74 Å². The molecule has 0 radical (unpaired) electrons. The normalized spacial score (nSPS) is 40.7. The van der Waals surface area contributed by atoms with Crippen LogP contribution in [0.15, 0.2) is 0 Å². The van der Waals surface area contributed by atoms with Crippen molar-refractivity contribution in [1.29, 1.82) is 0 Å². The lowest BCUT2D eigenvalue weighted by atomic mass is 9.79. The number of nitrogens with two attached hydrogens (primary N) is 1. The van der Waals surface area contributed by atoms with Crippen molar-refractivity contribution in [3.63, 3.8) is 0 Å². The summed E-state index contributed by atoms with van der Waals surface area (Å²) in [6.07, 6.45) is 8.28. The Morgan fingerprint density at radius 1 is 1.22 bits per heavy atom. The summed E-state index contributed by atoms with van der Waals surface area (Å²) in [6, 6.07) is 0.813. The minimum atomic E-state index is 0.171. The van der Waals surface area contributed by atoms with Crippen LogP contribution in [0.4, 0.5) is 0 Å². The molecule has 0 spiro atoms. The molecule has 0 aromatic carbocycles. The van der Waals surface area contributed by atoms with Gasteiger partial charge < -0.3 is 10.5 Å². The van der Waals surface area contributed by atoms with Gasteiger partial charge in [0.25, 0.3) is 0 Å². The summed E-state index contributed by atoms with van der Waals surface area (Å²) in [5, 5.41) is 0. The standard InChI is InChI=1S/C15H28N2O/c1-15(11-16,13-7-9-18-10-13)17-8-3-5-12-4-2-6-14(12)17/h12-14H,2-11,16H2,1H3. The molecule has 2 saturated heterocycles.